The summed E-state index contributed by atoms with van der Waals surface area (Å²) in [5, 5.41) is 13.6. The average Bonchev–Trinajstić information content (AvgIpc) is 2.67. The monoisotopic (exact) mass is 334 g/mol. The summed E-state index contributed by atoms with van der Waals surface area (Å²) in [5.41, 5.74) is 9.42. The number of pyridine rings is 1. The summed E-state index contributed by atoms with van der Waals surface area (Å²) < 4.78 is 10.7. The lowest BCUT2D eigenvalue weighted by atomic mass is 10.1. The van der Waals surface area contributed by atoms with Gasteiger partial charge in [0.1, 0.15) is 6.07 Å². The van der Waals surface area contributed by atoms with Crippen LogP contribution in [0.5, 0.6) is 11.5 Å². The van der Waals surface area contributed by atoms with Gasteiger partial charge in [-0.25, -0.2) is 0 Å². The Morgan fingerprint density at radius 2 is 1.88 bits per heavy atom. The number of methoxy groups -OCH3 is 2. The van der Waals surface area contributed by atoms with Gasteiger partial charge in [0, 0.05) is 29.9 Å². The molecule has 0 radical (unpaired) electrons. The zero-order valence-corrected chi connectivity index (χ0v) is 14.0. The maximum Gasteiger partial charge on any atom is 0.162 e. The van der Waals surface area contributed by atoms with E-state index in [1.54, 1.807) is 26.5 Å². The number of benzene rings is 2. The van der Waals surface area contributed by atoms with Gasteiger partial charge in [-0.15, -0.1) is 0 Å². The van der Waals surface area contributed by atoms with Gasteiger partial charge in [-0.1, -0.05) is 18.2 Å². The molecular formula is C19H18N4O2. The number of para-hydroxylation sites is 1. The minimum atomic E-state index is 0.394. The second-order valence-corrected chi connectivity index (χ2v) is 5.37. The van der Waals surface area contributed by atoms with Crippen LogP contribution in [0.2, 0.25) is 0 Å². The highest BCUT2D eigenvalue weighted by atomic mass is 16.5. The second kappa shape index (κ2) is 7.07. The molecule has 6 nitrogen and oxygen atoms in total. The van der Waals surface area contributed by atoms with Crippen LogP contribution in [0, 0.1) is 11.3 Å². The van der Waals surface area contributed by atoms with Crippen molar-refractivity contribution in [2.75, 3.05) is 19.5 Å². The molecule has 25 heavy (non-hydrogen) atoms. The molecule has 3 rings (SSSR count). The van der Waals surface area contributed by atoms with Crippen molar-refractivity contribution in [2.24, 2.45) is 5.73 Å². The number of aromatic nitrogens is 1. The fourth-order valence-corrected chi connectivity index (χ4v) is 2.69. The van der Waals surface area contributed by atoms with E-state index in [2.05, 4.69) is 16.4 Å². The van der Waals surface area contributed by atoms with Crippen LogP contribution in [0.15, 0.2) is 42.6 Å². The maximum absolute atomic E-state index is 9.50. The highest BCUT2D eigenvalue weighted by Crippen LogP contribution is 2.37. The molecule has 0 atom stereocenters. The van der Waals surface area contributed by atoms with E-state index in [-0.39, 0.29) is 0 Å². The first-order valence-corrected chi connectivity index (χ1v) is 7.71. The molecule has 126 valence electrons. The Labute approximate surface area is 145 Å². The van der Waals surface area contributed by atoms with Crippen molar-refractivity contribution in [2.45, 2.75) is 6.54 Å². The first kappa shape index (κ1) is 16.6. The van der Waals surface area contributed by atoms with E-state index in [0.717, 1.165) is 16.6 Å². The lowest BCUT2D eigenvalue weighted by Gasteiger charge is -2.16. The minimum absolute atomic E-state index is 0.394. The van der Waals surface area contributed by atoms with Crippen molar-refractivity contribution >= 4 is 22.3 Å². The number of hydrogen-bond donors (Lipinski definition) is 2. The second-order valence-electron chi connectivity index (χ2n) is 5.37. The molecular weight excluding hydrogens is 316 g/mol. The van der Waals surface area contributed by atoms with E-state index < -0.39 is 0 Å². The van der Waals surface area contributed by atoms with Crippen LogP contribution in [-0.4, -0.2) is 19.2 Å². The van der Waals surface area contributed by atoms with Gasteiger partial charge in [-0.05, 0) is 17.7 Å². The van der Waals surface area contributed by atoms with E-state index in [0.29, 0.717) is 34.8 Å². The normalized spacial score (nSPS) is 10.3. The molecule has 1 heterocycles. The number of hydrogen-bond acceptors (Lipinski definition) is 6. The molecule has 1 aromatic heterocycles. The average molecular weight is 334 g/mol. The van der Waals surface area contributed by atoms with Gasteiger partial charge in [0.15, 0.2) is 11.5 Å². The van der Waals surface area contributed by atoms with E-state index >= 15 is 0 Å². The van der Waals surface area contributed by atoms with Gasteiger partial charge >= 0.3 is 0 Å². The van der Waals surface area contributed by atoms with Gasteiger partial charge in [0.25, 0.3) is 0 Å². The van der Waals surface area contributed by atoms with Crippen LogP contribution in [-0.2, 0) is 6.54 Å². The molecule has 0 aliphatic rings. The SMILES string of the molecule is COc1cc2ncc(C#N)c(Nc3ccccc3CN)c2cc1OC. The third-order valence-corrected chi connectivity index (χ3v) is 3.99. The van der Waals surface area contributed by atoms with Gasteiger partial charge < -0.3 is 20.5 Å². The summed E-state index contributed by atoms with van der Waals surface area (Å²) in [7, 11) is 3.14. The molecule has 0 amide bonds. The van der Waals surface area contributed by atoms with Crippen molar-refractivity contribution in [3.05, 3.63) is 53.7 Å². The van der Waals surface area contributed by atoms with Gasteiger partial charge in [-0.3, -0.25) is 4.98 Å². The van der Waals surface area contributed by atoms with Gasteiger partial charge in [-0.2, -0.15) is 5.26 Å². The minimum Gasteiger partial charge on any atom is -0.493 e. The van der Waals surface area contributed by atoms with E-state index in [9.17, 15) is 5.26 Å². The smallest absolute Gasteiger partial charge is 0.162 e. The molecule has 3 aromatic rings. The highest BCUT2D eigenvalue weighted by Gasteiger charge is 2.14. The van der Waals surface area contributed by atoms with Crippen LogP contribution < -0.4 is 20.5 Å². The van der Waals surface area contributed by atoms with Gasteiger partial charge in [0.05, 0.1) is 31.0 Å². The topological polar surface area (TPSA) is 93.2 Å². The largest absolute Gasteiger partial charge is 0.493 e. The van der Waals surface area contributed by atoms with Crippen molar-refractivity contribution in [3.63, 3.8) is 0 Å². The zero-order chi connectivity index (χ0) is 17.8. The quantitative estimate of drug-likeness (QED) is 0.743. The molecule has 0 bridgehead atoms. The Balaban J connectivity index is 2.23. The van der Waals surface area contributed by atoms with Gasteiger partial charge in [0.2, 0.25) is 0 Å². The molecule has 0 fully saturated rings. The Morgan fingerprint density at radius 3 is 2.56 bits per heavy atom. The summed E-state index contributed by atoms with van der Waals surface area (Å²) in [6.07, 6.45) is 1.54. The fraction of sp³-hybridized carbons (Fsp3) is 0.158. The molecule has 0 aliphatic heterocycles. The fourth-order valence-electron chi connectivity index (χ4n) is 2.69. The van der Waals surface area contributed by atoms with Crippen molar-refractivity contribution in [3.8, 4) is 17.6 Å². The number of anilines is 2. The van der Waals surface area contributed by atoms with Crippen LogP contribution in [0.1, 0.15) is 11.1 Å². The van der Waals surface area contributed by atoms with E-state index in [4.69, 9.17) is 15.2 Å². The molecule has 0 saturated carbocycles. The lowest BCUT2D eigenvalue weighted by Crippen LogP contribution is -2.03. The number of fused-ring (bicyclic) bond motifs is 1. The summed E-state index contributed by atoms with van der Waals surface area (Å²) >= 11 is 0. The third-order valence-electron chi connectivity index (χ3n) is 3.99. The van der Waals surface area contributed by atoms with Crippen LogP contribution in [0.3, 0.4) is 0 Å². The number of nitrogens with two attached hydrogens (primary N) is 1. The predicted octanol–water partition coefficient (Wildman–Crippen LogP) is 3.33. The number of nitrogens with one attached hydrogen (secondary N) is 1. The summed E-state index contributed by atoms with van der Waals surface area (Å²) in [6.45, 7) is 0.394. The van der Waals surface area contributed by atoms with E-state index in [1.807, 2.05) is 30.3 Å². The molecule has 3 N–H and O–H groups in total. The number of nitrogens with zero attached hydrogens (tertiary/aromatic N) is 2. The van der Waals surface area contributed by atoms with Crippen LogP contribution >= 0.6 is 0 Å². The zero-order valence-electron chi connectivity index (χ0n) is 14.0. The standard InChI is InChI=1S/C19H18N4O2/c1-24-17-7-14-16(8-18(17)25-2)22-11-13(10-21)19(14)23-15-6-4-3-5-12(15)9-20/h3-8,11H,9,20H2,1-2H3,(H,22,23). The number of rotatable bonds is 5. The van der Waals surface area contributed by atoms with Crippen molar-refractivity contribution in [1.82, 2.24) is 4.98 Å². The summed E-state index contributed by atoms with van der Waals surface area (Å²) in [6, 6.07) is 13.5. The Hall–Kier alpha value is -3.30. The highest BCUT2D eigenvalue weighted by molar-refractivity contribution is 5.97. The lowest BCUT2D eigenvalue weighted by molar-refractivity contribution is 0.356. The maximum atomic E-state index is 9.50. The third kappa shape index (κ3) is 3.05. The Bertz CT molecular complexity index is 964. The molecule has 0 aliphatic carbocycles. The van der Waals surface area contributed by atoms with Crippen LogP contribution in [0.25, 0.3) is 10.9 Å². The van der Waals surface area contributed by atoms with Crippen molar-refractivity contribution < 1.29 is 9.47 Å². The molecule has 2 aromatic carbocycles. The first-order chi connectivity index (χ1) is 12.2. The number of nitriles is 1. The molecule has 0 unspecified atom stereocenters. The molecule has 0 spiro atoms. The Morgan fingerprint density at radius 1 is 1.16 bits per heavy atom. The Kier molecular flexibility index (Phi) is 4.68. The molecule has 0 saturated heterocycles. The first-order valence-electron chi connectivity index (χ1n) is 7.71. The predicted molar refractivity (Wildman–Crippen MR) is 97.2 cm³/mol. The summed E-state index contributed by atoms with van der Waals surface area (Å²) in [4.78, 5) is 4.36. The summed E-state index contributed by atoms with van der Waals surface area (Å²) in [5.74, 6) is 1.16. The molecule has 6 heteroatoms. The van der Waals surface area contributed by atoms with Crippen molar-refractivity contribution in [1.29, 1.82) is 5.26 Å². The van der Waals surface area contributed by atoms with Crippen LogP contribution in [0.4, 0.5) is 11.4 Å². The number of ether oxygens (including phenoxy) is 2. The van der Waals surface area contributed by atoms with E-state index in [1.165, 1.54) is 0 Å².